The van der Waals surface area contributed by atoms with Crippen LogP contribution in [0.25, 0.3) is 10.9 Å². The van der Waals surface area contributed by atoms with E-state index in [1.165, 1.54) is 16.4 Å². The molecule has 0 saturated carbocycles. The van der Waals surface area contributed by atoms with Crippen LogP contribution in [-0.4, -0.2) is 49.9 Å². The third-order valence-electron chi connectivity index (χ3n) is 5.11. The number of ether oxygens (including phenoxy) is 1. The first-order chi connectivity index (χ1) is 14.3. The summed E-state index contributed by atoms with van der Waals surface area (Å²) in [4.78, 5) is 17.6. The first-order valence-electron chi connectivity index (χ1n) is 9.72. The number of morpholine rings is 1. The standard InChI is InChI=1S/C22H23N3O4S/c1-15-6-7-21-17(12-15)13-20(16(2)23-21)22(26)24-18-4-3-5-19(14-18)30(27,28)25-8-10-29-11-9-25/h3-7,12-14H,8-11H2,1-2H3,(H,24,26). The molecule has 1 saturated heterocycles. The molecular weight excluding hydrogens is 402 g/mol. The van der Waals surface area contributed by atoms with Crippen LogP contribution >= 0.6 is 0 Å². The topological polar surface area (TPSA) is 88.6 Å². The molecule has 1 fully saturated rings. The van der Waals surface area contributed by atoms with E-state index in [-0.39, 0.29) is 10.8 Å². The summed E-state index contributed by atoms with van der Waals surface area (Å²) in [5, 5.41) is 3.69. The van der Waals surface area contributed by atoms with Gasteiger partial charge >= 0.3 is 0 Å². The summed E-state index contributed by atoms with van der Waals surface area (Å²) in [5.41, 5.74) is 3.39. The number of anilines is 1. The Labute approximate surface area is 175 Å². The number of amides is 1. The monoisotopic (exact) mass is 425 g/mol. The van der Waals surface area contributed by atoms with Crippen molar-refractivity contribution in [2.75, 3.05) is 31.6 Å². The maximum atomic E-state index is 12.9. The maximum Gasteiger partial charge on any atom is 0.257 e. The van der Waals surface area contributed by atoms with Gasteiger partial charge in [-0.2, -0.15) is 4.31 Å². The Balaban J connectivity index is 1.60. The number of aromatic nitrogens is 1. The summed E-state index contributed by atoms with van der Waals surface area (Å²) < 4.78 is 32.4. The van der Waals surface area contributed by atoms with Crippen molar-refractivity contribution >= 4 is 32.5 Å². The van der Waals surface area contributed by atoms with Crippen molar-refractivity contribution in [3.63, 3.8) is 0 Å². The van der Waals surface area contributed by atoms with E-state index in [0.717, 1.165) is 16.5 Å². The van der Waals surface area contributed by atoms with Crippen molar-refractivity contribution in [3.8, 4) is 0 Å². The average molecular weight is 426 g/mol. The lowest BCUT2D eigenvalue weighted by molar-refractivity contribution is 0.0730. The van der Waals surface area contributed by atoms with Crippen LogP contribution in [0.15, 0.2) is 53.4 Å². The fourth-order valence-corrected chi connectivity index (χ4v) is 4.95. The number of carbonyl (C=O) groups is 1. The molecule has 1 aromatic heterocycles. The van der Waals surface area contributed by atoms with Crippen LogP contribution in [0.4, 0.5) is 5.69 Å². The molecule has 3 aromatic rings. The van der Waals surface area contributed by atoms with Crippen LogP contribution in [0.1, 0.15) is 21.6 Å². The summed E-state index contributed by atoms with van der Waals surface area (Å²) in [5.74, 6) is -0.329. The van der Waals surface area contributed by atoms with Crippen LogP contribution in [0, 0.1) is 13.8 Å². The number of nitrogens with one attached hydrogen (secondary N) is 1. The number of sulfonamides is 1. The van der Waals surface area contributed by atoms with Gasteiger partial charge in [0.15, 0.2) is 0 Å². The highest BCUT2D eigenvalue weighted by Crippen LogP contribution is 2.23. The number of pyridine rings is 1. The zero-order valence-corrected chi connectivity index (χ0v) is 17.7. The molecule has 0 spiro atoms. The molecule has 0 bridgehead atoms. The molecule has 156 valence electrons. The van der Waals surface area contributed by atoms with E-state index >= 15 is 0 Å². The Morgan fingerprint density at radius 3 is 2.60 bits per heavy atom. The van der Waals surface area contributed by atoms with Gasteiger partial charge in [0.2, 0.25) is 10.0 Å². The predicted molar refractivity (Wildman–Crippen MR) is 115 cm³/mol. The number of hydrogen-bond donors (Lipinski definition) is 1. The Bertz CT molecular complexity index is 1220. The Morgan fingerprint density at radius 2 is 1.83 bits per heavy atom. The molecule has 7 nitrogen and oxygen atoms in total. The van der Waals surface area contributed by atoms with Gasteiger partial charge in [0, 0.05) is 24.2 Å². The lowest BCUT2D eigenvalue weighted by atomic mass is 10.1. The van der Waals surface area contributed by atoms with E-state index in [9.17, 15) is 13.2 Å². The predicted octanol–water partition coefficient (Wildman–Crippen LogP) is 3.12. The summed E-state index contributed by atoms with van der Waals surface area (Å²) >= 11 is 0. The summed E-state index contributed by atoms with van der Waals surface area (Å²) in [6, 6.07) is 14.0. The quantitative estimate of drug-likeness (QED) is 0.694. The molecule has 0 radical (unpaired) electrons. The molecule has 0 unspecified atom stereocenters. The van der Waals surface area contributed by atoms with Crippen LogP contribution in [-0.2, 0) is 14.8 Å². The van der Waals surface area contributed by atoms with Gasteiger partial charge in [-0.05, 0) is 50.2 Å². The van der Waals surface area contributed by atoms with Crippen molar-refractivity contribution in [1.82, 2.24) is 9.29 Å². The second-order valence-corrected chi connectivity index (χ2v) is 9.25. The number of carbonyl (C=O) groups excluding carboxylic acids is 1. The minimum absolute atomic E-state index is 0.145. The van der Waals surface area contributed by atoms with Gasteiger partial charge in [-0.25, -0.2) is 8.42 Å². The van der Waals surface area contributed by atoms with Crippen molar-refractivity contribution in [1.29, 1.82) is 0 Å². The third-order valence-corrected chi connectivity index (χ3v) is 7.00. The SMILES string of the molecule is Cc1ccc2nc(C)c(C(=O)Nc3cccc(S(=O)(=O)N4CCOCC4)c3)cc2c1. The molecule has 1 aliphatic heterocycles. The Kier molecular flexibility index (Phi) is 5.55. The number of nitrogens with zero attached hydrogens (tertiary/aromatic N) is 2. The lowest BCUT2D eigenvalue weighted by Gasteiger charge is -2.26. The number of fused-ring (bicyclic) bond motifs is 1. The minimum atomic E-state index is -3.64. The van der Waals surface area contributed by atoms with E-state index in [2.05, 4.69) is 10.3 Å². The number of hydrogen-bond acceptors (Lipinski definition) is 5. The molecule has 30 heavy (non-hydrogen) atoms. The smallest absolute Gasteiger partial charge is 0.257 e. The van der Waals surface area contributed by atoms with Crippen LogP contribution in [0.5, 0.6) is 0 Å². The van der Waals surface area contributed by atoms with Crippen molar-refractivity contribution in [2.45, 2.75) is 18.7 Å². The summed E-state index contributed by atoms with van der Waals surface area (Å²) in [6.07, 6.45) is 0. The van der Waals surface area contributed by atoms with Gasteiger partial charge in [-0.1, -0.05) is 17.7 Å². The van der Waals surface area contributed by atoms with Gasteiger partial charge < -0.3 is 10.1 Å². The van der Waals surface area contributed by atoms with E-state index in [0.29, 0.717) is 43.2 Å². The molecule has 1 N–H and O–H groups in total. The van der Waals surface area contributed by atoms with Gasteiger partial charge in [-0.3, -0.25) is 9.78 Å². The number of benzene rings is 2. The van der Waals surface area contributed by atoms with Gasteiger partial charge in [-0.15, -0.1) is 0 Å². The third kappa shape index (κ3) is 4.07. The van der Waals surface area contributed by atoms with Crippen molar-refractivity contribution < 1.29 is 17.9 Å². The molecule has 4 rings (SSSR count). The molecule has 1 amide bonds. The van der Waals surface area contributed by atoms with E-state index in [1.807, 2.05) is 31.2 Å². The molecule has 0 atom stereocenters. The second kappa shape index (κ2) is 8.14. The Hall–Kier alpha value is -2.81. The highest BCUT2D eigenvalue weighted by atomic mass is 32.2. The molecule has 1 aliphatic rings. The summed E-state index contributed by atoms with van der Waals surface area (Å²) in [7, 11) is -3.64. The van der Waals surface area contributed by atoms with E-state index in [4.69, 9.17) is 4.74 Å². The van der Waals surface area contributed by atoms with E-state index in [1.54, 1.807) is 19.1 Å². The molecule has 2 aromatic carbocycles. The van der Waals surface area contributed by atoms with Gasteiger partial charge in [0.1, 0.15) is 0 Å². The van der Waals surface area contributed by atoms with Gasteiger partial charge in [0.05, 0.1) is 34.9 Å². The molecule has 2 heterocycles. The Morgan fingerprint density at radius 1 is 1.07 bits per heavy atom. The summed E-state index contributed by atoms with van der Waals surface area (Å²) in [6.45, 7) is 5.17. The van der Waals surface area contributed by atoms with Gasteiger partial charge in [0.25, 0.3) is 5.91 Å². The fraction of sp³-hybridized carbons (Fsp3) is 0.273. The molecule has 8 heteroatoms. The maximum absolute atomic E-state index is 12.9. The zero-order valence-electron chi connectivity index (χ0n) is 16.9. The van der Waals surface area contributed by atoms with Crippen LogP contribution in [0.3, 0.4) is 0 Å². The second-order valence-electron chi connectivity index (χ2n) is 7.32. The number of aryl methyl sites for hydroxylation is 2. The number of rotatable bonds is 4. The minimum Gasteiger partial charge on any atom is -0.379 e. The lowest BCUT2D eigenvalue weighted by Crippen LogP contribution is -2.40. The van der Waals surface area contributed by atoms with E-state index < -0.39 is 10.0 Å². The van der Waals surface area contributed by atoms with Crippen molar-refractivity contribution in [3.05, 3.63) is 65.4 Å². The first kappa shape index (κ1) is 20.5. The fourth-order valence-electron chi connectivity index (χ4n) is 3.49. The molecule has 0 aliphatic carbocycles. The normalized spacial score (nSPS) is 15.3. The molecular formula is C22H23N3O4S. The van der Waals surface area contributed by atoms with Crippen LogP contribution < -0.4 is 5.32 Å². The van der Waals surface area contributed by atoms with Crippen LogP contribution in [0.2, 0.25) is 0 Å². The largest absolute Gasteiger partial charge is 0.379 e. The average Bonchev–Trinajstić information content (AvgIpc) is 2.74. The highest BCUT2D eigenvalue weighted by Gasteiger charge is 2.26. The zero-order chi connectivity index (χ0) is 21.3. The van der Waals surface area contributed by atoms with Crippen molar-refractivity contribution in [2.24, 2.45) is 0 Å². The first-order valence-corrected chi connectivity index (χ1v) is 11.2. The highest BCUT2D eigenvalue weighted by molar-refractivity contribution is 7.89.